The topological polar surface area (TPSA) is 37.9 Å². The molecule has 11 heteroatoms. The molecule has 0 saturated heterocycles. The third-order valence-electron chi connectivity index (χ3n) is 26.0. The molecule has 0 N–H and O–H groups in total. The van der Waals surface area contributed by atoms with Gasteiger partial charge in [-0.2, -0.15) is 0 Å². The van der Waals surface area contributed by atoms with Crippen LogP contribution in [0.15, 0.2) is 455 Å². The van der Waals surface area contributed by atoms with Crippen LogP contribution in [-0.2, 0) is 0 Å². The van der Waals surface area contributed by atoms with Gasteiger partial charge in [-0.1, -0.05) is 328 Å². The van der Waals surface area contributed by atoms with Gasteiger partial charge in [-0.05, 0) is 187 Å². The van der Waals surface area contributed by atoms with E-state index in [1.54, 1.807) is 0 Å². The molecule has 0 unspecified atom stereocenters. The molecule has 0 fully saturated rings. The minimum absolute atomic E-state index is 0.311. The fourth-order valence-electron chi connectivity index (χ4n) is 20.9. The van der Waals surface area contributed by atoms with Gasteiger partial charge in [0.2, 0.25) is 0 Å². The molecule has 0 amide bonds. The summed E-state index contributed by atoms with van der Waals surface area (Å²) >= 11 is 0. The zero-order chi connectivity index (χ0) is 82.2. The molecular formula is C114H75B3N6O2. The summed E-state index contributed by atoms with van der Waals surface area (Å²) in [5.74, 6) is 3.20. The first-order chi connectivity index (χ1) is 62.1. The van der Waals surface area contributed by atoms with Crippen LogP contribution in [0.4, 0.5) is 102 Å². The number of benzene rings is 19. The van der Waals surface area contributed by atoms with Crippen LogP contribution in [0.5, 0.6) is 23.0 Å². The monoisotopic (exact) mass is 1590 g/mol. The highest BCUT2D eigenvalue weighted by atomic mass is 16.5. The third-order valence-corrected chi connectivity index (χ3v) is 26.0. The van der Waals surface area contributed by atoms with Crippen molar-refractivity contribution in [2.45, 2.75) is 0 Å². The molecule has 8 nitrogen and oxygen atoms in total. The average Bonchev–Trinajstić information content (AvgIpc) is 0.671. The summed E-state index contributed by atoms with van der Waals surface area (Å²) in [6, 6.07) is 167. The van der Waals surface area contributed by atoms with Crippen LogP contribution in [0.25, 0.3) is 44.5 Å². The Morgan fingerprint density at radius 2 is 0.584 bits per heavy atom. The lowest BCUT2D eigenvalue weighted by atomic mass is 9.29. The molecule has 0 spiro atoms. The largest absolute Gasteiger partial charge is 0.459 e. The number of hydrogen-bond donors (Lipinski definition) is 0. The van der Waals surface area contributed by atoms with Crippen LogP contribution in [0, 0.1) is 0 Å². The minimum Gasteiger partial charge on any atom is -0.459 e. The number of rotatable bonds is 14. The van der Waals surface area contributed by atoms with Gasteiger partial charge < -0.3 is 38.9 Å². The summed E-state index contributed by atoms with van der Waals surface area (Å²) in [5.41, 5.74) is 37.3. The fourth-order valence-corrected chi connectivity index (χ4v) is 20.9. The Morgan fingerprint density at radius 3 is 1.17 bits per heavy atom. The van der Waals surface area contributed by atoms with Crippen molar-refractivity contribution >= 4 is 172 Å². The fraction of sp³-hybridized carbons (Fsp3) is 0. The van der Waals surface area contributed by atoms with Gasteiger partial charge >= 0.3 is 0 Å². The molecular weight excluding hydrogens is 1520 g/mol. The van der Waals surface area contributed by atoms with Crippen LogP contribution < -0.4 is 88.0 Å². The van der Waals surface area contributed by atoms with E-state index in [1.165, 1.54) is 10.9 Å². The van der Waals surface area contributed by atoms with Gasteiger partial charge in [-0.3, -0.25) is 0 Å². The van der Waals surface area contributed by atoms with E-state index in [2.05, 4.69) is 484 Å². The van der Waals surface area contributed by atoms with Gasteiger partial charge in [0.1, 0.15) is 23.0 Å². The second-order valence-corrected chi connectivity index (χ2v) is 32.8. The van der Waals surface area contributed by atoms with Crippen LogP contribution in [-0.4, -0.2) is 20.1 Å². The van der Waals surface area contributed by atoms with E-state index in [4.69, 9.17) is 9.47 Å². The smallest absolute Gasteiger partial charge is 0.256 e. The minimum atomic E-state index is -0.393. The van der Waals surface area contributed by atoms with Crippen LogP contribution in [0.1, 0.15) is 0 Å². The number of fused-ring (bicyclic) bond motifs is 13. The maximum Gasteiger partial charge on any atom is 0.256 e. The molecule has 0 aromatic heterocycles. The van der Waals surface area contributed by atoms with Crippen LogP contribution in [0.3, 0.4) is 0 Å². The Labute approximate surface area is 728 Å². The van der Waals surface area contributed by atoms with E-state index in [0.717, 1.165) is 208 Å². The molecule has 0 saturated carbocycles. The molecule has 0 aliphatic carbocycles. The lowest BCUT2D eigenvalue weighted by Gasteiger charge is -2.48. The molecule has 6 aliphatic rings. The number of hydrogen-bond acceptors (Lipinski definition) is 8. The van der Waals surface area contributed by atoms with Crippen molar-refractivity contribution in [3.8, 4) is 67.5 Å². The molecule has 6 heterocycles. The maximum absolute atomic E-state index is 8.24. The Kier molecular flexibility index (Phi) is 16.8. The van der Waals surface area contributed by atoms with Gasteiger partial charge in [0, 0.05) is 108 Å². The summed E-state index contributed by atoms with van der Waals surface area (Å²) < 4.78 is 16.4. The lowest BCUT2D eigenvalue weighted by molar-refractivity contribution is 0.488. The Morgan fingerprint density at radius 1 is 0.192 bits per heavy atom. The van der Waals surface area contributed by atoms with E-state index in [1.807, 2.05) is 0 Å². The Balaban J connectivity index is 0.789. The maximum atomic E-state index is 8.24. The lowest BCUT2D eigenvalue weighted by Crippen LogP contribution is -2.66. The van der Waals surface area contributed by atoms with Crippen LogP contribution >= 0.6 is 0 Å². The Bertz CT molecular complexity index is 7370. The molecule has 25 rings (SSSR count). The predicted octanol–water partition coefficient (Wildman–Crippen LogP) is 24.2. The van der Waals surface area contributed by atoms with Gasteiger partial charge in [0.25, 0.3) is 20.1 Å². The number of anilines is 18. The summed E-state index contributed by atoms with van der Waals surface area (Å²) in [6.07, 6.45) is 0. The molecule has 0 bridgehead atoms. The van der Waals surface area contributed by atoms with Crippen molar-refractivity contribution in [3.63, 3.8) is 0 Å². The molecule has 582 valence electrons. The first-order valence-electron chi connectivity index (χ1n) is 43.1. The molecule has 0 atom stereocenters. The first kappa shape index (κ1) is 71.7. The number of nitrogens with zero attached hydrogens (tertiary/aromatic N) is 6. The van der Waals surface area contributed by atoms with E-state index >= 15 is 0 Å². The standard InChI is InChI=1S/C114H75B3N6O2/c1-10-39-76(40-11-1)87-57-28-33-64-96(87)119(82-51-22-7-23-52-82)86-71-103-110-108(72-86)124-107-75-100-94(73-95(107)115(110)91-61-30-36-67-99(91)122(103)97-65-34-29-58-88(97)77-41-12-2-13-42-77)116-93-63-32-37-68-106(93)125-114-111(116)104(121(100)84-55-26-9-27-56-84)74-105-112(114)117-92-62-31-35-66-98(92)120(83-53-24-8-25-54-83)101-69-85(118(80-47-18-5-19-48-80)81-49-20-6-21-50-81)70-102(109(101)117)123(105)113-89(78-43-14-3-15-44-78)59-38-60-90(113)79-45-16-4-17-46-79/h1-75H. The highest BCUT2D eigenvalue weighted by Crippen LogP contribution is 2.57. The second kappa shape index (κ2) is 29.3. The first-order valence-corrected chi connectivity index (χ1v) is 43.1. The van der Waals surface area contributed by atoms with Crippen molar-refractivity contribution in [1.82, 2.24) is 0 Å². The van der Waals surface area contributed by atoms with Gasteiger partial charge in [-0.15, -0.1) is 0 Å². The summed E-state index contributed by atoms with van der Waals surface area (Å²) in [4.78, 5) is 15.1. The average molecular weight is 1590 g/mol. The van der Waals surface area contributed by atoms with Crippen molar-refractivity contribution in [3.05, 3.63) is 455 Å². The quantitative estimate of drug-likeness (QED) is 0.0998. The predicted molar refractivity (Wildman–Crippen MR) is 523 cm³/mol. The van der Waals surface area contributed by atoms with Gasteiger partial charge in [0.05, 0.1) is 28.4 Å². The van der Waals surface area contributed by atoms with Gasteiger partial charge in [0.15, 0.2) is 0 Å². The van der Waals surface area contributed by atoms with Crippen molar-refractivity contribution < 1.29 is 9.47 Å². The number of ether oxygens (including phenoxy) is 2. The highest BCUT2D eigenvalue weighted by Gasteiger charge is 2.53. The summed E-state index contributed by atoms with van der Waals surface area (Å²) in [7, 11) is 0. The normalized spacial score (nSPS) is 13.0. The van der Waals surface area contributed by atoms with E-state index < -0.39 is 6.71 Å². The summed E-state index contributed by atoms with van der Waals surface area (Å²) in [6.45, 7) is -1.07. The molecule has 19 aromatic carbocycles. The SMILES string of the molecule is c1ccc(-c2ccccc2N(c2ccccc2)c2cc3c4c(c2)N(c2ccccc2-c2ccccc2)c2ccccc2B4c2cc4c(cc2O3)N(c2ccccc2)c2cc3c(c5c2B4c2ccccc2O5)B2c4ccccc4N(c4ccccc4)c4cc(N(c5ccccc5)c5ccccc5)cc(c42)N3c2c(-c3ccccc3)cccc2-c2ccccc2)cc1. The molecule has 0 radical (unpaired) electrons. The van der Waals surface area contributed by atoms with E-state index in [0.29, 0.717) is 0 Å². The summed E-state index contributed by atoms with van der Waals surface area (Å²) in [5, 5.41) is 0. The Hall–Kier alpha value is -16.2. The van der Waals surface area contributed by atoms with Gasteiger partial charge in [-0.25, -0.2) is 0 Å². The van der Waals surface area contributed by atoms with Crippen LogP contribution in [0.2, 0.25) is 0 Å². The van der Waals surface area contributed by atoms with E-state index in [9.17, 15) is 0 Å². The highest BCUT2D eigenvalue weighted by molar-refractivity contribution is 7.04. The molecule has 125 heavy (non-hydrogen) atoms. The molecule has 19 aromatic rings. The second-order valence-electron chi connectivity index (χ2n) is 32.8. The zero-order valence-electron chi connectivity index (χ0n) is 68.0. The van der Waals surface area contributed by atoms with Crippen molar-refractivity contribution in [2.24, 2.45) is 0 Å². The zero-order valence-corrected chi connectivity index (χ0v) is 68.0. The van der Waals surface area contributed by atoms with Crippen molar-refractivity contribution in [2.75, 3.05) is 29.4 Å². The van der Waals surface area contributed by atoms with Crippen molar-refractivity contribution in [1.29, 1.82) is 0 Å². The van der Waals surface area contributed by atoms with E-state index in [-0.39, 0.29) is 13.4 Å². The third kappa shape index (κ3) is 11.4. The number of para-hydroxylation sites is 11. The molecule has 6 aliphatic heterocycles.